The first-order chi connectivity index (χ1) is 10.4. The molecule has 0 unspecified atom stereocenters. The van der Waals surface area contributed by atoms with Crippen LogP contribution in [0, 0.1) is 0 Å². The van der Waals surface area contributed by atoms with Crippen molar-refractivity contribution in [1.82, 2.24) is 0 Å². The molecule has 0 aliphatic heterocycles. The van der Waals surface area contributed by atoms with Crippen LogP contribution in [0.15, 0.2) is 24.3 Å². The standard InChI is InChI=1S/C20H34O2/c1-17(15-19(21)11-7-3-4-8-12-19)18(2)16-20(22)13-9-5-6-10-14-20/h21-22H,1-16H2. The largest absolute Gasteiger partial charge is 0.390 e. The summed E-state index contributed by atoms with van der Waals surface area (Å²) >= 11 is 0. The monoisotopic (exact) mass is 306 g/mol. The van der Waals surface area contributed by atoms with E-state index in [1.165, 1.54) is 25.7 Å². The van der Waals surface area contributed by atoms with Gasteiger partial charge in [-0.05, 0) is 36.8 Å². The van der Waals surface area contributed by atoms with E-state index in [1.54, 1.807) is 0 Å². The van der Waals surface area contributed by atoms with Gasteiger partial charge in [-0.25, -0.2) is 0 Å². The Balaban J connectivity index is 1.89. The number of hydrogen-bond donors (Lipinski definition) is 2. The van der Waals surface area contributed by atoms with E-state index in [9.17, 15) is 10.2 Å². The first-order valence-electron chi connectivity index (χ1n) is 9.23. The quantitative estimate of drug-likeness (QED) is 0.551. The minimum absolute atomic E-state index is 0.595. The number of hydrogen-bond acceptors (Lipinski definition) is 2. The topological polar surface area (TPSA) is 40.5 Å². The van der Waals surface area contributed by atoms with Crippen molar-refractivity contribution in [3.63, 3.8) is 0 Å². The fourth-order valence-electron chi connectivity index (χ4n) is 4.17. The molecule has 2 saturated carbocycles. The van der Waals surface area contributed by atoms with Crippen LogP contribution >= 0.6 is 0 Å². The lowest BCUT2D eigenvalue weighted by atomic mass is 9.81. The van der Waals surface area contributed by atoms with E-state index in [0.717, 1.165) is 62.5 Å². The summed E-state index contributed by atoms with van der Waals surface area (Å²) in [6.07, 6.45) is 14.1. The number of aliphatic hydroxyl groups is 2. The molecule has 0 spiro atoms. The Morgan fingerprint density at radius 2 is 0.864 bits per heavy atom. The van der Waals surface area contributed by atoms with Crippen LogP contribution in [-0.2, 0) is 0 Å². The summed E-state index contributed by atoms with van der Waals surface area (Å²) in [7, 11) is 0. The summed E-state index contributed by atoms with van der Waals surface area (Å²) in [5.74, 6) is 0. The van der Waals surface area contributed by atoms with Crippen LogP contribution in [0.25, 0.3) is 0 Å². The highest BCUT2D eigenvalue weighted by Gasteiger charge is 2.32. The lowest BCUT2D eigenvalue weighted by Gasteiger charge is -2.31. The van der Waals surface area contributed by atoms with E-state index < -0.39 is 11.2 Å². The molecule has 2 aliphatic carbocycles. The Hall–Kier alpha value is -0.600. The van der Waals surface area contributed by atoms with Gasteiger partial charge in [-0.15, -0.1) is 0 Å². The van der Waals surface area contributed by atoms with Gasteiger partial charge in [0.1, 0.15) is 0 Å². The zero-order chi connectivity index (χ0) is 16.1. The third-order valence-corrected chi connectivity index (χ3v) is 5.65. The molecule has 0 atom stereocenters. The Morgan fingerprint density at radius 3 is 1.14 bits per heavy atom. The Morgan fingerprint density at radius 1 is 0.591 bits per heavy atom. The van der Waals surface area contributed by atoms with Crippen molar-refractivity contribution in [3.8, 4) is 0 Å². The molecule has 0 saturated heterocycles. The fraction of sp³-hybridized carbons (Fsp3) is 0.800. The summed E-state index contributed by atoms with van der Waals surface area (Å²) in [6.45, 7) is 8.35. The highest BCUT2D eigenvalue weighted by atomic mass is 16.3. The third kappa shape index (κ3) is 5.24. The van der Waals surface area contributed by atoms with Gasteiger partial charge >= 0.3 is 0 Å². The van der Waals surface area contributed by atoms with E-state index in [4.69, 9.17) is 0 Å². The van der Waals surface area contributed by atoms with Gasteiger partial charge < -0.3 is 10.2 Å². The SMILES string of the molecule is C=C(CC1(O)CCCCCC1)C(=C)CC1(O)CCCCCC1. The van der Waals surface area contributed by atoms with Gasteiger partial charge in [0, 0.05) is 12.8 Å². The highest BCUT2D eigenvalue weighted by Crippen LogP contribution is 2.37. The molecular formula is C20H34O2. The van der Waals surface area contributed by atoms with Gasteiger partial charge in [0.2, 0.25) is 0 Å². The lowest BCUT2D eigenvalue weighted by Crippen LogP contribution is -2.31. The summed E-state index contributed by atoms with van der Waals surface area (Å²) in [5.41, 5.74) is 0.703. The molecule has 2 heteroatoms. The molecule has 0 radical (unpaired) electrons. The number of rotatable bonds is 5. The van der Waals surface area contributed by atoms with Gasteiger partial charge in [-0.2, -0.15) is 0 Å². The first kappa shape index (κ1) is 17.7. The van der Waals surface area contributed by atoms with Crippen molar-refractivity contribution in [2.45, 2.75) is 101 Å². The second-order valence-corrected chi connectivity index (χ2v) is 7.84. The minimum Gasteiger partial charge on any atom is -0.390 e. The van der Waals surface area contributed by atoms with E-state index in [2.05, 4.69) is 13.2 Å². The maximum absolute atomic E-state index is 10.8. The summed E-state index contributed by atoms with van der Waals surface area (Å²) in [4.78, 5) is 0. The van der Waals surface area contributed by atoms with Crippen LogP contribution in [0.4, 0.5) is 0 Å². The molecule has 2 aliphatic rings. The van der Waals surface area contributed by atoms with Crippen molar-refractivity contribution in [2.24, 2.45) is 0 Å². The molecule has 0 heterocycles. The highest BCUT2D eigenvalue weighted by molar-refractivity contribution is 5.28. The molecule has 0 bridgehead atoms. The molecule has 0 aromatic heterocycles. The normalized spacial score (nSPS) is 25.0. The summed E-state index contributed by atoms with van der Waals surface area (Å²) in [5, 5.41) is 21.6. The molecule has 2 rings (SSSR count). The van der Waals surface area contributed by atoms with Crippen LogP contribution in [-0.4, -0.2) is 21.4 Å². The zero-order valence-electron chi connectivity index (χ0n) is 14.2. The van der Waals surface area contributed by atoms with Gasteiger partial charge in [-0.3, -0.25) is 0 Å². The van der Waals surface area contributed by atoms with Crippen LogP contribution in [0.5, 0.6) is 0 Å². The Labute approximate surface area is 136 Å². The van der Waals surface area contributed by atoms with Gasteiger partial charge in [-0.1, -0.05) is 64.5 Å². The molecule has 126 valence electrons. The van der Waals surface area contributed by atoms with Crippen LogP contribution in [0.1, 0.15) is 89.9 Å². The van der Waals surface area contributed by atoms with Crippen LogP contribution in [0.3, 0.4) is 0 Å². The second kappa shape index (κ2) is 7.79. The van der Waals surface area contributed by atoms with Gasteiger partial charge in [0.15, 0.2) is 0 Å². The van der Waals surface area contributed by atoms with E-state index in [-0.39, 0.29) is 0 Å². The third-order valence-electron chi connectivity index (χ3n) is 5.65. The van der Waals surface area contributed by atoms with Crippen LogP contribution in [0.2, 0.25) is 0 Å². The Bertz CT molecular complexity index is 343. The molecule has 0 amide bonds. The predicted octanol–water partition coefficient (Wildman–Crippen LogP) is 5.05. The second-order valence-electron chi connectivity index (χ2n) is 7.84. The lowest BCUT2D eigenvalue weighted by molar-refractivity contribution is 0.0192. The van der Waals surface area contributed by atoms with Crippen molar-refractivity contribution >= 4 is 0 Å². The smallest absolute Gasteiger partial charge is 0.0687 e. The molecule has 2 fully saturated rings. The Kier molecular flexibility index (Phi) is 6.28. The average molecular weight is 306 g/mol. The minimum atomic E-state index is -0.595. The van der Waals surface area contributed by atoms with Crippen molar-refractivity contribution < 1.29 is 10.2 Å². The van der Waals surface area contributed by atoms with Gasteiger partial charge in [0.05, 0.1) is 11.2 Å². The maximum atomic E-state index is 10.8. The van der Waals surface area contributed by atoms with Crippen molar-refractivity contribution in [2.75, 3.05) is 0 Å². The fourth-order valence-corrected chi connectivity index (χ4v) is 4.17. The molecule has 0 aromatic carbocycles. The van der Waals surface area contributed by atoms with Crippen molar-refractivity contribution in [3.05, 3.63) is 24.3 Å². The molecular weight excluding hydrogens is 272 g/mol. The van der Waals surface area contributed by atoms with E-state index in [1.807, 2.05) is 0 Å². The molecule has 2 nitrogen and oxygen atoms in total. The molecule has 0 aromatic rings. The molecule has 2 N–H and O–H groups in total. The van der Waals surface area contributed by atoms with Crippen molar-refractivity contribution in [1.29, 1.82) is 0 Å². The van der Waals surface area contributed by atoms with Gasteiger partial charge in [0.25, 0.3) is 0 Å². The van der Waals surface area contributed by atoms with E-state index in [0.29, 0.717) is 12.8 Å². The predicted molar refractivity (Wildman–Crippen MR) is 92.8 cm³/mol. The maximum Gasteiger partial charge on any atom is 0.0687 e. The molecule has 22 heavy (non-hydrogen) atoms. The first-order valence-corrected chi connectivity index (χ1v) is 9.23. The average Bonchev–Trinajstić information content (AvgIpc) is 2.79. The van der Waals surface area contributed by atoms with E-state index >= 15 is 0 Å². The zero-order valence-corrected chi connectivity index (χ0v) is 14.2. The van der Waals surface area contributed by atoms with Crippen LogP contribution < -0.4 is 0 Å². The summed E-state index contributed by atoms with van der Waals surface area (Å²) in [6, 6.07) is 0. The summed E-state index contributed by atoms with van der Waals surface area (Å²) < 4.78 is 0.